The third kappa shape index (κ3) is 4.12. The minimum atomic E-state index is -0.813. The number of hydrogen-bond acceptors (Lipinski definition) is 2. The first-order valence-corrected chi connectivity index (χ1v) is 7.96. The topological polar surface area (TPSA) is 37.3 Å². The number of carboxylic acid groups (broad SMARTS) is 1. The molecular weight excluding hydrogens is 336 g/mol. The van der Waals surface area contributed by atoms with E-state index in [1.165, 1.54) is 10.5 Å². The average Bonchev–Trinajstić information content (AvgIpc) is 2.42. The number of carbonyl (C=O) groups is 1. The van der Waals surface area contributed by atoms with Crippen molar-refractivity contribution in [2.45, 2.75) is 29.6 Å². The van der Waals surface area contributed by atoms with E-state index in [-0.39, 0.29) is 6.42 Å². The molecule has 2 aromatic carbocycles. The molecule has 0 atom stereocenters. The summed E-state index contributed by atoms with van der Waals surface area (Å²) in [7, 11) is 0. The number of aliphatic carboxylic acids is 1. The lowest BCUT2D eigenvalue weighted by Crippen LogP contribution is -1.99. The maximum absolute atomic E-state index is 10.7. The number of carboxylic acids is 1. The van der Waals surface area contributed by atoms with Gasteiger partial charge < -0.3 is 5.11 Å². The largest absolute Gasteiger partial charge is 0.481 e. The van der Waals surface area contributed by atoms with Crippen LogP contribution in [0.5, 0.6) is 0 Å². The Kier molecular flexibility index (Phi) is 5.26. The number of halogens is 1. The summed E-state index contributed by atoms with van der Waals surface area (Å²) in [6, 6.07) is 14.2. The molecule has 0 aliphatic carbocycles. The molecule has 0 fully saturated rings. The van der Waals surface area contributed by atoms with Gasteiger partial charge in [-0.3, -0.25) is 4.79 Å². The standard InChI is InChI=1S/C16H15BrO2S/c1-2-11-3-6-13(7-4-11)20-15-8-5-12(9-14(15)17)10-16(18)19/h3-9H,2,10H2,1H3,(H,18,19). The van der Waals surface area contributed by atoms with Crippen molar-refractivity contribution in [3.8, 4) is 0 Å². The molecule has 0 heterocycles. The van der Waals surface area contributed by atoms with Gasteiger partial charge in [-0.25, -0.2) is 0 Å². The van der Waals surface area contributed by atoms with E-state index < -0.39 is 5.97 Å². The molecule has 0 amide bonds. The fourth-order valence-corrected chi connectivity index (χ4v) is 3.32. The Morgan fingerprint density at radius 3 is 2.35 bits per heavy atom. The molecule has 2 aromatic rings. The molecule has 0 aliphatic heterocycles. The van der Waals surface area contributed by atoms with E-state index in [1.807, 2.05) is 18.2 Å². The van der Waals surface area contributed by atoms with Crippen LogP contribution in [-0.4, -0.2) is 11.1 Å². The van der Waals surface area contributed by atoms with Crippen LogP contribution in [0.15, 0.2) is 56.7 Å². The van der Waals surface area contributed by atoms with E-state index in [0.717, 1.165) is 21.4 Å². The van der Waals surface area contributed by atoms with Gasteiger partial charge in [0.05, 0.1) is 6.42 Å². The second kappa shape index (κ2) is 6.95. The molecule has 104 valence electrons. The van der Waals surface area contributed by atoms with Crippen LogP contribution in [0.3, 0.4) is 0 Å². The van der Waals surface area contributed by atoms with Crippen molar-refractivity contribution >= 4 is 33.7 Å². The van der Waals surface area contributed by atoms with Crippen molar-refractivity contribution in [2.75, 3.05) is 0 Å². The maximum Gasteiger partial charge on any atom is 0.307 e. The van der Waals surface area contributed by atoms with Gasteiger partial charge in [-0.1, -0.05) is 36.9 Å². The molecule has 0 saturated heterocycles. The van der Waals surface area contributed by atoms with Crippen molar-refractivity contribution < 1.29 is 9.90 Å². The van der Waals surface area contributed by atoms with Gasteiger partial charge in [0.15, 0.2) is 0 Å². The van der Waals surface area contributed by atoms with E-state index in [9.17, 15) is 4.79 Å². The first-order valence-electron chi connectivity index (χ1n) is 6.35. The summed E-state index contributed by atoms with van der Waals surface area (Å²) < 4.78 is 0.931. The molecule has 4 heteroatoms. The predicted octanol–water partition coefficient (Wildman–Crippen LogP) is 4.79. The summed E-state index contributed by atoms with van der Waals surface area (Å²) in [5.74, 6) is -0.813. The fraction of sp³-hybridized carbons (Fsp3) is 0.188. The van der Waals surface area contributed by atoms with E-state index in [1.54, 1.807) is 11.8 Å². The Morgan fingerprint density at radius 1 is 1.15 bits per heavy atom. The number of hydrogen-bond donors (Lipinski definition) is 1. The Hall–Kier alpha value is -1.26. The van der Waals surface area contributed by atoms with Gasteiger partial charge >= 0.3 is 5.97 Å². The lowest BCUT2D eigenvalue weighted by Gasteiger charge is -2.07. The molecule has 0 aromatic heterocycles. The van der Waals surface area contributed by atoms with Gasteiger partial charge in [-0.15, -0.1) is 0 Å². The molecule has 2 rings (SSSR count). The van der Waals surface area contributed by atoms with Gasteiger partial charge in [0, 0.05) is 14.3 Å². The normalized spacial score (nSPS) is 10.5. The van der Waals surface area contributed by atoms with Crippen LogP contribution in [0.2, 0.25) is 0 Å². The summed E-state index contributed by atoms with van der Waals surface area (Å²) in [6.07, 6.45) is 1.09. The highest BCUT2D eigenvalue weighted by molar-refractivity contribution is 9.10. The highest BCUT2D eigenvalue weighted by Gasteiger charge is 2.06. The molecule has 1 N–H and O–H groups in total. The zero-order valence-corrected chi connectivity index (χ0v) is 13.5. The minimum absolute atomic E-state index is 0.0503. The van der Waals surface area contributed by atoms with Crippen LogP contribution in [0.25, 0.3) is 0 Å². The van der Waals surface area contributed by atoms with E-state index >= 15 is 0 Å². The summed E-state index contributed by atoms with van der Waals surface area (Å²) in [6.45, 7) is 2.14. The van der Waals surface area contributed by atoms with Crippen LogP contribution in [-0.2, 0) is 17.6 Å². The predicted molar refractivity (Wildman–Crippen MR) is 85.4 cm³/mol. The highest BCUT2D eigenvalue weighted by Crippen LogP contribution is 2.34. The second-order valence-corrected chi connectivity index (χ2v) is 6.40. The van der Waals surface area contributed by atoms with Crippen LogP contribution < -0.4 is 0 Å². The molecule has 20 heavy (non-hydrogen) atoms. The SMILES string of the molecule is CCc1ccc(Sc2ccc(CC(=O)O)cc2Br)cc1. The van der Waals surface area contributed by atoms with Crippen molar-refractivity contribution in [3.63, 3.8) is 0 Å². The zero-order chi connectivity index (χ0) is 14.5. The molecule has 0 unspecified atom stereocenters. The van der Waals surface area contributed by atoms with Crippen molar-refractivity contribution in [1.82, 2.24) is 0 Å². The monoisotopic (exact) mass is 350 g/mol. The average molecular weight is 351 g/mol. The molecule has 0 radical (unpaired) electrons. The van der Waals surface area contributed by atoms with E-state index in [4.69, 9.17) is 5.11 Å². The first-order chi connectivity index (χ1) is 9.58. The lowest BCUT2D eigenvalue weighted by molar-refractivity contribution is -0.136. The lowest BCUT2D eigenvalue weighted by atomic mass is 10.2. The highest BCUT2D eigenvalue weighted by atomic mass is 79.9. The quantitative estimate of drug-likeness (QED) is 0.842. The smallest absolute Gasteiger partial charge is 0.307 e. The molecule has 0 spiro atoms. The first kappa shape index (κ1) is 15.1. The molecule has 0 bridgehead atoms. The van der Waals surface area contributed by atoms with Crippen LogP contribution in [0, 0.1) is 0 Å². The van der Waals surface area contributed by atoms with Gasteiger partial charge in [-0.05, 0) is 57.7 Å². The van der Waals surface area contributed by atoms with Crippen molar-refractivity contribution in [1.29, 1.82) is 0 Å². The Labute approximate surface area is 131 Å². The van der Waals surface area contributed by atoms with E-state index in [2.05, 4.69) is 47.1 Å². The van der Waals surface area contributed by atoms with E-state index in [0.29, 0.717) is 0 Å². The van der Waals surface area contributed by atoms with Gasteiger partial charge in [0.2, 0.25) is 0 Å². The maximum atomic E-state index is 10.7. The summed E-state index contributed by atoms with van der Waals surface area (Å²) in [4.78, 5) is 13.0. The third-order valence-corrected chi connectivity index (χ3v) is 4.91. The number of aryl methyl sites for hydroxylation is 1. The summed E-state index contributed by atoms with van der Waals surface area (Å²) in [5, 5.41) is 8.79. The second-order valence-electron chi connectivity index (χ2n) is 4.43. The van der Waals surface area contributed by atoms with Crippen LogP contribution in [0.1, 0.15) is 18.1 Å². The number of benzene rings is 2. The Bertz CT molecular complexity index is 608. The molecule has 0 aliphatic rings. The zero-order valence-electron chi connectivity index (χ0n) is 11.1. The third-order valence-electron chi connectivity index (χ3n) is 2.91. The Morgan fingerprint density at radius 2 is 1.80 bits per heavy atom. The Balaban J connectivity index is 2.14. The van der Waals surface area contributed by atoms with Crippen molar-refractivity contribution in [3.05, 3.63) is 58.1 Å². The summed E-state index contributed by atoms with van der Waals surface area (Å²) >= 11 is 5.18. The van der Waals surface area contributed by atoms with Crippen molar-refractivity contribution in [2.24, 2.45) is 0 Å². The van der Waals surface area contributed by atoms with Gasteiger partial charge in [0.25, 0.3) is 0 Å². The minimum Gasteiger partial charge on any atom is -0.481 e. The molecule has 2 nitrogen and oxygen atoms in total. The van der Waals surface area contributed by atoms with Gasteiger partial charge in [0.1, 0.15) is 0 Å². The van der Waals surface area contributed by atoms with Crippen LogP contribution in [0.4, 0.5) is 0 Å². The summed E-state index contributed by atoms with van der Waals surface area (Å²) in [5.41, 5.74) is 2.13. The number of rotatable bonds is 5. The molecule has 0 saturated carbocycles. The molecular formula is C16H15BrO2S. The van der Waals surface area contributed by atoms with Gasteiger partial charge in [-0.2, -0.15) is 0 Å². The fourth-order valence-electron chi connectivity index (χ4n) is 1.83. The van der Waals surface area contributed by atoms with Crippen LogP contribution >= 0.6 is 27.7 Å².